The molecule has 0 aliphatic carbocycles. The Morgan fingerprint density at radius 1 is 1.17 bits per heavy atom. The molecular formula is C21H24Cl2IN3O2S. The van der Waals surface area contributed by atoms with E-state index in [0.717, 1.165) is 27.9 Å². The summed E-state index contributed by atoms with van der Waals surface area (Å²) >= 11 is 10.0. The topological polar surface area (TPSA) is 45.7 Å². The number of halogens is 3. The minimum Gasteiger partial charge on any atom is -0.494 e. The van der Waals surface area contributed by atoms with Gasteiger partial charge in [-0.3, -0.25) is 9.69 Å². The van der Waals surface area contributed by atoms with Crippen LogP contribution in [0.1, 0.15) is 24.2 Å². The van der Waals surface area contributed by atoms with Crippen LogP contribution in [-0.2, 0) is 0 Å². The minimum absolute atomic E-state index is 0. The molecule has 162 valence electrons. The number of thiazole rings is 1. The van der Waals surface area contributed by atoms with Gasteiger partial charge >= 0.3 is 0 Å². The van der Waals surface area contributed by atoms with E-state index < -0.39 is 0 Å². The van der Waals surface area contributed by atoms with E-state index >= 15 is 0 Å². The smallest absolute Gasteiger partial charge is 0.261 e. The molecule has 1 heterocycles. The number of carbonyl (C=O) groups excluding carboxylic acids is 1. The third-order valence-corrected chi connectivity index (χ3v) is 7.26. The molecule has 9 heteroatoms. The van der Waals surface area contributed by atoms with E-state index in [9.17, 15) is 4.79 Å². The maximum absolute atomic E-state index is 13.5. The summed E-state index contributed by atoms with van der Waals surface area (Å²) in [6.07, 6.45) is 0. The first-order valence-electron chi connectivity index (χ1n) is 9.41. The normalized spacial score (nSPS) is 10.9. The molecule has 0 fully saturated rings. The standard InChI is InChI=1S/C21H23ClIN3O2S.ClH/c1-4-25(5-2)12-13-26(20(27)14-8-6-7-9-16(14)23)21-24-18-17(28-3)11-10-15(22)19(18)29-21;/h6-11H,4-5,12-13H2,1-3H3;1H. The number of aromatic nitrogens is 1. The average molecular weight is 580 g/mol. The Morgan fingerprint density at radius 3 is 2.50 bits per heavy atom. The van der Waals surface area contributed by atoms with Gasteiger partial charge in [-0.15, -0.1) is 12.4 Å². The summed E-state index contributed by atoms with van der Waals surface area (Å²) in [5, 5.41) is 1.23. The van der Waals surface area contributed by atoms with Crippen molar-refractivity contribution in [2.24, 2.45) is 0 Å². The van der Waals surface area contributed by atoms with Crippen molar-refractivity contribution in [3.05, 3.63) is 50.6 Å². The van der Waals surface area contributed by atoms with Crippen molar-refractivity contribution >= 4 is 79.2 Å². The van der Waals surface area contributed by atoms with Gasteiger partial charge in [0.1, 0.15) is 11.3 Å². The number of carbonyl (C=O) groups is 1. The van der Waals surface area contributed by atoms with E-state index in [2.05, 4.69) is 41.3 Å². The van der Waals surface area contributed by atoms with E-state index in [4.69, 9.17) is 21.3 Å². The molecule has 3 aromatic rings. The molecule has 3 rings (SSSR count). The number of hydrogen-bond donors (Lipinski definition) is 0. The van der Waals surface area contributed by atoms with Gasteiger partial charge in [0.15, 0.2) is 5.13 Å². The predicted octanol–water partition coefficient (Wildman–Crippen LogP) is 5.97. The Hall–Kier alpha value is -1.13. The molecular weight excluding hydrogens is 556 g/mol. The van der Waals surface area contributed by atoms with Gasteiger partial charge in [0.25, 0.3) is 5.91 Å². The molecule has 0 aliphatic heterocycles. The van der Waals surface area contributed by atoms with Crippen molar-refractivity contribution in [2.75, 3.05) is 38.2 Å². The van der Waals surface area contributed by atoms with E-state index in [0.29, 0.717) is 33.5 Å². The lowest BCUT2D eigenvalue weighted by atomic mass is 10.2. The number of likely N-dealkylation sites (N-methyl/N-ethyl adjacent to an activating group) is 1. The Morgan fingerprint density at radius 2 is 1.87 bits per heavy atom. The largest absolute Gasteiger partial charge is 0.494 e. The second kappa shape index (κ2) is 11.5. The SMILES string of the molecule is CCN(CC)CCN(C(=O)c1ccccc1I)c1nc2c(OC)ccc(Cl)c2s1.Cl. The fourth-order valence-electron chi connectivity index (χ4n) is 3.07. The molecule has 0 bridgehead atoms. The highest BCUT2D eigenvalue weighted by Crippen LogP contribution is 2.39. The van der Waals surface area contributed by atoms with Crippen LogP contribution in [0, 0.1) is 3.57 Å². The van der Waals surface area contributed by atoms with Crippen LogP contribution in [0.2, 0.25) is 5.02 Å². The Kier molecular flexibility index (Phi) is 9.62. The molecule has 1 amide bonds. The first kappa shape index (κ1) is 25.1. The molecule has 0 saturated carbocycles. The molecule has 5 nitrogen and oxygen atoms in total. The number of benzene rings is 2. The molecule has 0 radical (unpaired) electrons. The summed E-state index contributed by atoms with van der Waals surface area (Å²) in [5.74, 6) is 0.591. The maximum atomic E-state index is 13.5. The second-order valence-corrected chi connectivity index (χ2v) is 8.93. The minimum atomic E-state index is -0.0590. The summed E-state index contributed by atoms with van der Waals surface area (Å²) in [4.78, 5) is 22.3. The van der Waals surface area contributed by atoms with Gasteiger partial charge in [-0.05, 0) is 59.9 Å². The van der Waals surface area contributed by atoms with E-state index in [-0.39, 0.29) is 18.3 Å². The van der Waals surface area contributed by atoms with Gasteiger partial charge in [-0.25, -0.2) is 4.98 Å². The molecule has 0 aliphatic rings. The molecule has 0 N–H and O–H groups in total. The van der Waals surface area contributed by atoms with Crippen LogP contribution in [0.25, 0.3) is 10.2 Å². The third-order valence-electron chi connectivity index (χ3n) is 4.78. The number of rotatable bonds is 8. The maximum Gasteiger partial charge on any atom is 0.261 e. The summed E-state index contributed by atoms with van der Waals surface area (Å²) in [6.45, 7) is 7.42. The van der Waals surface area contributed by atoms with Crippen molar-refractivity contribution in [1.29, 1.82) is 0 Å². The van der Waals surface area contributed by atoms with Gasteiger partial charge < -0.3 is 9.64 Å². The van der Waals surface area contributed by atoms with Gasteiger partial charge in [-0.1, -0.05) is 48.9 Å². The van der Waals surface area contributed by atoms with Crippen molar-refractivity contribution in [2.45, 2.75) is 13.8 Å². The van der Waals surface area contributed by atoms with E-state index in [1.54, 1.807) is 24.1 Å². The van der Waals surface area contributed by atoms with Crippen molar-refractivity contribution in [1.82, 2.24) is 9.88 Å². The van der Waals surface area contributed by atoms with E-state index in [1.807, 2.05) is 24.3 Å². The highest BCUT2D eigenvalue weighted by atomic mass is 127. The number of amides is 1. The van der Waals surface area contributed by atoms with Crippen LogP contribution in [0.3, 0.4) is 0 Å². The van der Waals surface area contributed by atoms with Crippen LogP contribution in [0.4, 0.5) is 5.13 Å². The Balaban J connectivity index is 0.00000320. The zero-order valence-electron chi connectivity index (χ0n) is 17.0. The van der Waals surface area contributed by atoms with Gasteiger partial charge in [0.05, 0.1) is 22.4 Å². The van der Waals surface area contributed by atoms with Gasteiger partial charge in [0.2, 0.25) is 0 Å². The predicted molar refractivity (Wildman–Crippen MR) is 137 cm³/mol. The lowest BCUT2D eigenvalue weighted by molar-refractivity contribution is 0.0983. The van der Waals surface area contributed by atoms with Crippen LogP contribution < -0.4 is 9.64 Å². The fraction of sp³-hybridized carbons (Fsp3) is 0.333. The molecule has 30 heavy (non-hydrogen) atoms. The summed E-state index contributed by atoms with van der Waals surface area (Å²) < 4.78 is 7.19. The highest BCUT2D eigenvalue weighted by Gasteiger charge is 2.24. The number of anilines is 1. The molecule has 0 unspecified atom stereocenters. The Bertz CT molecular complexity index is 1010. The third kappa shape index (κ3) is 5.37. The van der Waals surface area contributed by atoms with Crippen LogP contribution in [0.5, 0.6) is 5.75 Å². The van der Waals surface area contributed by atoms with Gasteiger partial charge in [-0.2, -0.15) is 0 Å². The number of ether oxygens (including phenoxy) is 1. The van der Waals surface area contributed by atoms with Crippen LogP contribution in [0.15, 0.2) is 36.4 Å². The van der Waals surface area contributed by atoms with Crippen molar-refractivity contribution in [3.63, 3.8) is 0 Å². The first-order chi connectivity index (χ1) is 14.0. The summed E-state index contributed by atoms with van der Waals surface area (Å²) in [7, 11) is 1.61. The summed E-state index contributed by atoms with van der Waals surface area (Å²) in [6, 6.07) is 11.2. The number of methoxy groups -OCH3 is 1. The monoisotopic (exact) mass is 579 g/mol. The van der Waals surface area contributed by atoms with Crippen LogP contribution in [-0.4, -0.2) is 49.1 Å². The molecule has 0 spiro atoms. The lowest BCUT2D eigenvalue weighted by Crippen LogP contribution is -2.39. The molecule has 1 aromatic heterocycles. The van der Waals surface area contributed by atoms with E-state index in [1.165, 1.54) is 11.3 Å². The lowest BCUT2D eigenvalue weighted by Gasteiger charge is -2.25. The zero-order chi connectivity index (χ0) is 21.0. The van der Waals surface area contributed by atoms with Crippen molar-refractivity contribution in [3.8, 4) is 5.75 Å². The number of hydrogen-bond acceptors (Lipinski definition) is 5. The number of fused-ring (bicyclic) bond motifs is 1. The average Bonchev–Trinajstić information content (AvgIpc) is 3.17. The summed E-state index contributed by atoms with van der Waals surface area (Å²) in [5.41, 5.74) is 1.35. The Labute approximate surface area is 205 Å². The molecule has 0 atom stereocenters. The van der Waals surface area contributed by atoms with Crippen molar-refractivity contribution < 1.29 is 9.53 Å². The quantitative estimate of drug-likeness (QED) is 0.308. The fourth-order valence-corrected chi connectivity index (χ4v) is 4.97. The van der Waals surface area contributed by atoms with Crippen LogP contribution >= 0.6 is 57.9 Å². The molecule has 0 saturated heterocycles. The van der Waals surface area contributed by atoms with Gasteiger partial charge in [0, 0.05) is 16.7 Å². The number of nitrogens with zero attached hydrogens (tertiary/aromatic N) is 3. The molecule has 2 aromatic carbocycles. The first-order valence-corrected chi connectivity index (χ1v) is 11.7. The second-order valence-electron chi connectivity index (χ2n) is 6.39. The highest BCUT2D eigenvalue weighted by molar-refractivity contribution is 14.1. The zero-order valence-corrected chi connectivity index (χ0v) is 21.6.